The fourth-order valence-corrected chi connectivity index (χ4v) is 1.74. The highest BCUT2D eigenvalue weighted by atomic mass is 19.1. The first kappa shape index (κ1) is 14.0. The summed E-state index contributed by atoms with van der Waals surface area (Å²) in [5, 5.41) is 5.29. The van der Waals surface area contributed by atoms with Gasteiger partial charge in [0.2, 0.25) is 0 Å². The summed E-state index contributed by atoms with van der Waals surface area (Å²) in [7, 11) is 0. The van der Waals surface area contributed by atoms with Crippen molar-refractivity contribution in [1.29, 1.82) is 0 Å². The highest BCUT2D eigenvalue weighted by Crippen LogP contribution is 2.16. The summed E-state index contributed by atoms with van der Waals surface area (Å²) >= 11 is 0. The molecule has 2 amide bonds. The number of aryl methyl sites for hydroxylation is 1. The van der Waals surface area contributed by atoms with Gasteiger partial charge in [-0.2, -0.15) is 0 Å². The van der Waals surface area contributed by atoms with Crippen LogP contribution in [0.1, 0.15) is 11.1 Å². The standard InChI is InChI=1S/C15H16FN3O/c1-10-2-5-12(16)8-14(10)19-15(20)18-13-6-3-11(9-17)4-7-13/h2-8H,9,17H2,1H3,(H2,18,19,20). The molecule has 0 bridgehead atoms. The van der Waals surface area contributed by atoms with Gasteiger partial charge in [-0.15, -0.1) is 0 Å². The molecule has 0 atom stereocenters. The van der Waals surface area contributed by atoms with Gasteiger partial charge in [0, 0.05) is 17.9 Å². The van der Waals surface area contributed by atoms with Crippen LogP contribution in [0.3, 0.4) is 0 Å². The number of hydrogen-bond acceptors (Lipinski definition) is 2. The van der Waals surface area contributed by atoms with Crippen molar-refractivity contribution in [3.63, 3.8) is 0 Å². The minimum absolute atomic E-state index is 0.391. The van der Waals surface area contributed by atoms with Crippen molar-refractivity contribution in [2.45, 2.75) is 13.5 Å². The lowest BCUT2D eigenvalue weighted by molar-refractivity contribution is 0.262. The SMILES string of the molecule is Cc1ccc(F)cc1NC(=O)Nc1ccc(CN)cc1. The second-order valence-electron chi connectivity index (χ2n) is 4.44. The second-order valence-corrected chi connectivity index (χ2v) is 4.44. The van der Waals surface area contributed by atoms with Gasteiger partial charge in [0.05, 0.1) is 0 Å². The van der Waals surface area contributed by atoms with E-state index in [4.69, 9.17) is 5.73 Å². The Bertz CT molecular complexity index is 611. The number of halogens is 1. The van der Waals surface area contributed by atoms with E-state index >= 15 is 0 Å². The third-order valence-electron chi connectivity index (χ3n) is 2.90. The maximum atomic E-state index is 13.1. The van der Waals surface area contributed by atoms with E-state index < -0.39 is 11.8 Å². The Balaban J connectivity index is 2.03. The van der Waals surface area contributed by atoms with E-state index in [1.165, 1.54) is 12.1 Å². The monoisotopic (exact) mass is 273 g/mol. The summed E-state index contributed by atoms with van der Waals surface area (Å²) in [5.41, 5.74) is 8.37. The number of carbonyl (C=O) groups is 1. The molecule has 0 saturated heterocycles. The summed E-state index contributed by atoms with van der Waals surface area (Å²) in [6.45, 7) is 2.25. The maximum absolute atomic E-state index is 13.1. The number of anilines is 2. The molecule has 2 aromatic rings. The van der Waals surface area contributed by atoms with E-state index in [0.717, 1.165) is 11.1 Å². The smallest absolute Gasteiger partial charge is 0.323 e. The summed E-state index contributed by atoms with van der Waals surface area (Å²) in [6.07, 6.45) is 0. The minimum atomic E-state index is -0.417. The van der Waals surface area contributed by atoms with Gasteiger partial charge in [-0.25, -0.2) is 9.18 Å². The molecular formula is C15H16FN3O. The first-order valence-electron chi connectivity index (χ1n) is 6.21. The van der Waals surface area contributed by atoms with Crippen LogP contribution < -0.4 is 16.4 Å². The number of urea groups is 1. The molecule has 0 saturated carbocycles. The van der Waals surface area contributed by atoms with Crippen LogP contribution >= 0.6 is 0 Å². The largest absolute Gasteiger partial charge is 0.326 e. The van der Waals surface area contributed by atoms with Gasteiger partial charge in [0.1, 0.15) is 5.82 Å². The van der Waals surface area contributed by atoms with Crippen molar-refractivity contribution < 1.29 is 9.18 Å². The third-order valence-corrected chi connectivity index (χ3v) is 2.90. The van der Waals surface area contributed by atoms with Crippen molar-refractivity contribution in [2.75, 3.05) is 10.6 Å². The zero-order valence-electron chi connectivity index (χ0n) is 11.1. The van der Waals surface area contributed by atoms with Crippen LogP contribution in [0.25, 0.3) is 0 Å². The first-order chi connectivity index (χ1) is 9.58. The molecule has 0 aromatic heterocycles. The molecule has 4 N–H and O–H groups in total. The Morgan fingerprint density at radius 1 is 1.15 bits per heavy atom. The number of nitrogens with one attached hydrogen (secondary N) is 2. The Kier molecular flexibility index (Phi) is 4.32. The molecule has 104 valence electrons. The molecular weight excluding hydrogens is 257 g/mol. The van der Waals surface area contributed by atoms with Crippen molar-refractivity contribution >= 4 is 17.4 Å². The Labute approximate surface area is 116 Å². The molecule has 0 radical (unpaired) electrons. The van der Waals surface area contributed by atoms with Gasteiger partial charge in [-0.3, -0.25) is 0 Å². The molecule has 0 spiro atoms. The van der Waals surface area contributed by atoms with Crippen molar-refractivity contribution in [2.24, 2.45) is 5.73 Å². The van der Waals surface area contributed by atoms with E-state index in [1.807, 2.05) is 12.1 Å². The van der Waals surface area contributed by atoms with Crippen LogP contribution in [-0.2, 0) is 6.54 Å². The zero-order chi connectivity index (χ0) is 14.5. The summed E-state index contributed by atoms with van der Waals surface area (Å²) in [5.74, 6) is -0.391. The average Bonchev–Trinajstić information content (AvgIpc) is 2.43. The normalized spacial score (nSPS) is 10.2. The molecule has 5 heteroatoms. The summed E-state index contributed by atoms with van der Waals surface area (Å²) in [6, 6.07) is 11.0. The molecule has 0 unspecified atom stereocenters. The van der Waals surface area contributed by atoms with Crippen LogP contribution in [-0.4, -0.2) is 6.03 Å². The number of nitrogens with two attached hydrogens (primary N) is 1. The van der Waals surface area contributed by atoms with Crippen molar-refractivity contribution in [1.82, 2.24) is 0 Å². The van der Waals surface area contributed by atoms with E-state index in [9.17, 15) is 9.18 Å². The Morgan fingerprint density at radius 2 is 1.85 bits per heavy atom. The number of hydrogen-bond donors (Lipinski definition) is 3. The fourth-order valence-electron chi connectivity index (χ4n) is 1.74. The highest BCUT2D eigenvalue weighted by molar-refractivity contribution is 6.00. The lowest BCUT2D eigenvalue weighted by Crippen LogP contribution is -2.20. The topological polar surface area (TPSA) is 67.2 Å². The maximum Gasteiger partial charge on any atom is 0.323 e. The van der Waals surface area contributed by atoms with Gasteiger partial charge in [0.25, 0.3) is 0 Å². The Hall–Kier alpha value is -2.40. The molecule has 0 fully saturated rings. The van der Waals surface area contributed by atoms with Crippen LogP contribution in [0.4, 0.5) is 20.6 Å². The van der Waals surface area contributed by atoms with E-state index in [1.54, 1.807) is 25.1 Å². The second kappa shape index (κ2) is 6.16. The van der Waals surface area contributed by atoms with Crippen molar-refractivity contribution in [3.05, 3.63) is 59.4 Å². The van der Waals surface area contributed by atoms with Crippen LogP contribution in [0.15, 0.2) is 42.5 Å². The van der Waals surface area contributed by atoms with E-state index in [-0.39, 0.29) is 0 Å². The number of amides is 2. The van der Waals surface area contributed by atoms with Gasteiger partial charge in [-0.05, 0) is 42.3 Å². The van der Waals surface area contributed by atoms with Gasteiger partial charge in [0.15, 0.2) is 0 Å². The lowest BCUT2D eigenvalue weighted by atomic mass is 10.2. The first-order valence-corrected chi connectivity index (χ1v) is 6.21. The Morgan fingerprint density at radius 3 is 2.50 bits per heavy atom. The molecule has 0 aliphatic heterocycles. The van der Waals surface area contributed by atoms with Crippen molar-refractivity contribution in [3.8, 4) is 0 Å². The van der Waals surface area contributed by atoms with Crippen LogP contribution in [0.5, 0.6) is 0 Å². The van der Waals surface area contributed by atoms with Gasteiger partial charge < -0.3 is 16.4 Å². The average molecular weight is 273 g/mol. The molecule has 0 aliphatic rings. The zero-order valence-corrected chi connectivity index (χ0v) is 11.1. The molecule has 0 heterocycles. The molecule has 2 aromatic carbocycles. The molecule has 20 heavy (non-hydrogen) atoms. The van der Waals surface area contributed by atoms with E-state index in [0.29, 0.717) is 17.9 Å². The van der Waals surface area contributed by atoms with Crippen LogP contribution in [0.2, 0.25) is 0 Å². The van der Waals surface area contributed by atoms with E-state index in [2.05, 4.69) is 10.6 Å². The molecule has 0 aliphatic carbocycles. The van der Waals surface area contributed by atoms with Crippen LogP contribution in [0, 0.1) is 12.7 Å². The number of benzene rings is 2. The third kappa shape index (κ3) is 3.55. The highest BCUT2D eigenvalue weighted by Gasteiger charge is 2.06. The number of carbonyl (C=O) groups excluding carboxylic acids is 1. The minimum Gasteiger partial charge on any atom is -0.326 e. The van der Waals surface area contributed by atoms with Gasteiger partial charge >= 0.3 is 6.03 Å². The fraction of sp³-hybridized carbons (Fsp3) is 0.133. The van der Waals surface area contributed by atoms with Gasteiger partial charge in [-0.1, -0.05) is 18.2 Å². The quantitative estimate of drug-likeness (QED) is 0.803. The lowest BCUT2D eigenvalue weighted by Gasteiger charge is -2.10. The summed E-state index contributed by atoms with van der Waals surface area (Å²) in [4.78, 5) is 11.8. The number of rotatable bonds is 3. The predicted molar refractivity (Wildman–Crippen MR) is 78.1 cm³/mol. The summed E-state index contributed by atoms with van der Waals surface area (Å²) < 4.78 is 13.1. The molecule has 2 rings (SSSR count). The predicted octanol–water partition coefficient (Wildman–Crippen LogP) is 3.24. The molecule has 4 nitrogen and oxygen atoms in total.